The van der Waals surface area contributed by atoms with Crippen molar-refractivity contribution in [3.8, 4) is 11.6 Å². The number of hydrogen-bond donors (Lipinski definition) is 2. The smallest absolute Gasteiger partial charge is 0.265 e. The molecule has 27 heavy (non-hydrogen) atoms. The van der Waals surface area contributed by atoms with E-state index in [4.69, 9.17) is 14.6 Å². The first-order chi connectivity index (χ1) is 12.8. The van der Waals surface area contributed by atoms with Crippen molar-refractivity contribution in [2.24, 2.45) is 4.99 Å². The minimum atomic E-state index is -4.22. The summed E-state index contributed by atoms with van der Waals surface area (Å²) >= 11 is 0. The fourth-order valence-electron chi connectivity index (χ4n) is 2.39. The van der Waals surface area contributed by atoms with Crippen LogP contribution < -0.4 is 19.3 Å². The zero-order valence-corrected chi connectivity index (χ0v) is 14.9. The van der Waals surface area contributed by atoms with E-state index < -0.39 is 32.7 Å². The molecule has 0 aliphatic carbocycles. The Morgan fingerprint density at radius 3 is 2.93 bits per heavy atom. The van der Waals surface area contributed by atoms with Crippen LogP contribution in [0.15, 0.2) is 40.4 Å². The summed E-state index contributed by atoms with van der Waals surface area (Å²) in [6.07, 6.45) is 1.15. The van der Waals surface area contributed by atoms with Crippen LogP contribution in [0, 0.1) is 5.82 Å². The van der Waals surface area contributed by atoms with Gasteiger partial charge in [0.05, 0.1) is 25.6 Å². The highest BCUT2D eigenvalue weighted by Gasteiger charge is 2.22. The Bertz CT molecular complexity index is 996. The highest BCUT2D eigenvalue weighted by atomic mass is 32.2. The second-order valence-electron chi connectivity index (χ2n) is 5.56. The number of sulfonamides is 1. The number of methoxy groups -OCH3 is 1. The molecule has 1 atom stereocenters. The Morgan fingerprint density at radius 1 is 1.44 bits per heavy atom. The van der Waals surface area contributed by atoms with E-state index in [2.05, 4.69) is 14.7 Å². The summed E-state index contributed by atoms with van der Waals surface area (Å²) in [5.74, 6) is -1.52. The van der Waals surface area contributed by atoms with Crippen molar-refractivity contribution in [3.63, 3.8) is 0 Å². The molecule has 2 N–H and O–H groups in total. The van der Waals surface area contributed by atoms with Crippen LogP contribution in [0.25, 0.3) is 0 Å². The van der Waals surface area contributed by atoms with Crippen molar-refractivity contribution < 1.29 is 32.5 Å². The van der Waals surface area contributed by atoms with Crippen LogP contribution >= 0.6 is 0 Å². The van der Waals surface area contributed by atoms with Crippen LogP contribution in [-0.2, 0) is 10.0 Å². The van der Waals surface area contributed by atoms with Crippen LogP contribution in [0.2, 0.25) is 0 Å². The third-order valence-electron chi connectivity index (χ3n) is 3.67. The molecule has 0 saturated heterocycles. The van der Waals surface area contributed by atoms with Crippen molar-refractivity contribution in [1.29, 1.82) is 0 Å². The van der Waals surface area contributed by atoms with Crippen LogP contribution in [0.1, 0.15) is 5.56 Å². The van der Waals surface area contributed by atoms with Crippen LogP contribution in [0.5, 0.6) is 11.6 Å². The van der Waals surface area contributed by atoms with Crippen molar-refractivity contribution >= 4 is 21.6 Å². The monoisotopic (exact) mass is 396 g/mol. The molecule has 1 aliphatic heterocycles. The molecule has 1 aromatic heterocycles. The number of halogens is 1. The number of aliphatic imine (C=N–C) groups is 1. The number of nitrogens with zero attached hydrogens (tertiary/aromatic N) is 2. The van der Waals surface area contributed by atoms with Crippen molar-refractivity contribution in [1.82, 2.24) is 4.98 Å². The molecule has 1 aromatic carbocycles. The maximum Gasteiger partial charge on any atom is 0.265 e. The maximum atomic E-state index is 13.5. The number of aromatic nitrogens is 1. The molecule has 0 spiro atoms. The van der Waals surface area contributed by atoms with Crippen LogP contribution in [0.3, 0.4) is 0 Å². The number of ether oxygens (including phenoxy) is 2. The highest BCUT2D eigenvalue weighted by Crippen LogP contribution is 2.28. The third-order valence-corrected chi connectivity index (χ3v) is 5.07. The molecule has 0 bridgehead atoms. The van der Waals surface area contributed by atoms with Crippen molar-refractivity contribution in [3.05, 3.63) is 41.8 Å². The zero-order chi connectivity index (χ0) is 19.6. The number of pyridine rings is 1. The molecule has 11 heteroatoms. The predicted molar refractivity (Wildman–Crippen MR) is 90.9 cm³/mol. The summed E-state index contributed by atoms with van der Waals surface area (Å²) in [5.41, 5.74) is -0.105. The quantitative estimate of drug-likeness (QED) is 0.720. The van der Waals surface area contributed by atoms with E-state index in [9.17, 15) is 17.9 Å². The maximum absolute atomic E-state index is 13.5. The third kappa shape index (κ3) is 3.93. The first-order valence-corrected chi connectivity index (χ1v) is 9.17. The predicted octanol–water partition coefficient (Wildman–Crippen LogP) is -0.110. The SMILES string of the molecule is COc1ccc(F)cc1S(=O)(=O)Nc1cnc2c(c1)C([O-])=N[C@@H](CO)CO2. The number of nitrogens with one attached hydrogen (secondary N) is 1. The number of hydrogen-bond acceptors (Lipinski definition) is 8. The Balaban J connectivity index is 1.96. The fraction of sp³-hybridized carbons (Fsp3) is 0.250. The molecular weight excluding hydrogens is 381 g/mol. The van der Waals surface area contributed by atoms with E-state index in [1.54, 1.807) is 0 Å². The van der Waals surface area contributed by atoms with E-state index in [0.717, 1.165) is 18.3 Å². The number of benzene rings is 1. The minimum absolute atomic E-state index is 0.0222. The number of aliphatic hydroxyl groups excluding tert-OH is 1. The van der Waals surface area contributed by atoms with Crippen LogP contribution in [0.4, 0.5) is 10.1 Å². The summed E-state index contributed by atoms with van der Waals surface area (Å²) in [4.78, 5) is 7.28. The molecule has 2 heterocycles. The summed E-state index contributed by atoms with van der Waals surface area (Å²) < 4.78 is 51.2. The lowest BCUT2D eigenvalue weighted by atomic mass is 10.2. The second kappa shape index (κ2) is 7.37. The van der Waals surface area contributed by atoms with Crippen molar-refractivity contribution in [2.45, 2.75) is 10.9 Å². The van der Waals surface area contributed by atoms with Gasteiger partial charge in [-0.1, -0.05) is 0 Å². The number of anilines is 1. The standard InChI is InChI=1S/C16H16FN3O6S/c1-25-13-3-2-9(17)4-14(13)27(23,24)20-10-5-12-15(22)19-11(7-21)8-26-16(12)18-6-10/h2-6,11,20-21H,7-8H2,1H3,(H,19,22)/p-1/t11-/m0/s1. The Kier molecular flexibility index (Phi) is 5.15. The zero-order valence-electron chi connectivity index (χ0n) is 14.0. The Hall–Kier alpha value is -2.92. The lowest BCUT2D eigenvalue weighted by Crippen LogP contribution is -2.24. The summed E-state index contributed by atoms with van der Waals surface area (Å²) in [6, 6.07) is 3.54. The van der Waals surface area contributed by atoms with E-state index in [1.807, 2.05) is 0 Å². The summed E-state index contributed by atoms with van der Waals surface area (Å²) in [6.45, 7) is -0.410. The van der Waals surface area contributed by atoms with Gasteiger partial charge >= 0.3 is 0 Å². The molecular formula is C16H15FN3O6S-. The van der Waals surface area contributed by atoms with Gasteiger partial charge in [0, 0.05) is 5.56 Å². The molecule has 0 saturated carbocycles. The molecule has 0 amide bonds. The van der Waals surface area contributed by atoms with Crippen LogP contribution in [-0.4, -0.2) is 50.8 Å². The highest BCUT2D eigenvalue weighted by molar-refractivity contribution is 7.92. The number of aliphatic hydroxyl groups is 1. The summed E-state index contributed by atoms with van der Waals surface area (Å²) in [7, 11) is -2.97. The fourth-order valence-corrected chi connectivity index (χ4v) is 3.60. The van der Waals surface area contributed by atoms with E-state index >= 15 is 0 Å². The average molecular weight is 396 g/mol. The van der Waals surface area contributed by atoms with Gasteiger partial charge in [-0.2, -0.15) is 0 Å². The first-order valence-electron chi connectivity index (χ1n) is 7.69. The largest absolute Gasteiger partial charge is 0.858 e. The van der Waals surface area contributed by atoms with Gasteiger partial charge in [0.15, 0.2) is 0 Å². The Labute approximate surface area is 154 Å². The molecule has 144 valence electrons. The molecule has 0 radical (unpaired) electrons. The molecule has 1 aliphatic rings. The van der Waals surface area contributed by atoms with Gasteiger partial charge in [0.2, 0.25) is 5.88 Å². The van der Waals surface area contributed by atoms with Gasteiger partial charge in [-0.3, -0.25) is 9.71 Å². The normalized spacial score (nSPS) is 16.6. The van der Waals surface area contributed by atoms with Gasteiger partial charge < -0.3 is 19.7 Å². The molecule has 3 rings (SSSR count). The van der Waals surface area contributed by atoms with Gasteiger partial charge in [0.1, 0.15) is 29.1 Å². The van der Waals surface area contributed by atoms with E-state index in [0.29, 0.717) is 0 Å². The van der Waals surface area contributed by atoms with Crippen molar-refractivity contribution in [2.75, 3.05) is 25.0 Å². The molecule has 0 unspecified atom stereocenters. The average Bonchev–Trinajstić information content (AvgIpc) is 2.80. The van der Waals surface area contributed by atoms with Gasteiger partial charge in [0.25, 0.3) is 10.0 Å². The van der Waals surface area contributed by atoms with Gasteiger partial charge in [-0.25, -0.2) is 17.8 Å². The second-order valence-corrected chi connectivity index (χ2v) is 7.21. The van der Waals surface area contributed by atoms with E-state index in [1.165, 1.54) is 19.2 Å². The minimum Gasteiger partial charge on any atom is -0.858 e. The molecule has 2 aromatic rings. The number of rotatable bonds is 5. The molecule has 0 fully saturated rings. The summed E-state index contributed by atoms with van der Waals surface area (Å²) in [5, 5.41) is 21.3. The van der Waals surface area contributed by atoms with E-state index in [-0.39, 0.29) is 36.1 Å². The topological polar surface area (TPSA) is 133 Å². The Morgan fingerprint density at radius 2 is 2.22 bits per heavy atom. The van der Waals surface area contributed by atoms with Gasteiger partial charge in [-0.15, -0.1) is 0 Å². The first kappa shape index (κ1) is 18.9. The lowest BCUT2D eigenvalue weighted by molar-refractivity contribution is -0.213. The molecule has 9 nitrogen and oxygen atoms in total. The van der Waals surface area contributed by atoms with Gasteiger partial charge in [-0.05, 0) is 30.2 Å². The lowest BCUT2D eigenvalue weighted by Gasteiger charge is -2.15. The number of fused-ring (bicyclic) bond motifs is 1.